The summed E-state index contributed by atoms with van der Waals surface area (Å²) in [6.45, 7) is 5.44. The Morgan fingerprint density at radius 1 is 0.846 bits per heavy atom. The van der Waals surface area contributed by atoms with E-state index in [2.05, 4.69) is 19.9 Å². The summed E-state index contributed by atoms with van der Waals surface area (Å²) in [6.07, 6.45) is 18.6. The summed E-state index contributed by atoms with van der Waals surface area (Å²) in [5, 5.41) is 10.1. The van der Waals surface area contributed by atoms with Crippen molar-refractivity contribution >= 4 is 0 Å². The molecule has 2 nitrogen and oxygen atoms in total. The van der Waals surface area contributed by atoms with E-state index >= 15 is 0 Å². The summed E-state index contributed by atoms with van der Waals surface area (Å²) in [6, 6.07) is 2.84. The molecule has 148 valence electrons. The summed E-state index contributed by atoms with van der Waals surface area (Å²) in [5.41, 5.74) is -0.00710. The molecule has 0 heterocycles. The fourth-order valence-electron chi connectivity index (χ4n) is 6.37. The van der Waals surface area contributed by atoms with Crippen molar-refractivity contribution in [3.8, 4) is 6.07 Å². The predicted molar refractivity (Wildman–Crippen MR) is 108 cm³/mol. The average Bonchev–Trinajstić information content (AvgIpc) is 2.73. The average molecular weight is 360 g/mol. The first-order valence-electron chi connectivity index (χ1n) is 11.7. The summed E-state index contributed by atoms with van der Waals surface area (Å²) < 4.78 is 5.97. The predicted octanol–water partition coefficient (Wildman–Crippen LogP) is 6.89. The third-order valence-electron chi connectivity index (χ3n) is 8.29. The van der Waals surface area contributed by atoms with Gasteiger partial charge in [-0.1, -0.05) is 33.1 Å². The van der Waals surface area contributed by atoms with E-state index in [0.29, 0.717) is 12.0 Å². The van der Waals surface area contributed by atoms with Gasteiger partial charge in [0.2, 0.25) is 0 Å². The summed E-state index contributed by atoms with van der Waals surface area (Å²) in [5.74, 6) is 3.51. The molecule has 0 saturated heterocycles. The lowest BCUT2D eigenvalue weighted by molar-refractivity contribution is -0.00693. The molecule has 0 atom stereocenters. The number of hydrogen-bond donors (Lipinski definition) is 0. The maximum absolute atomic E-state index is 10.1. The molecule has 3 aliphatic rings. The Kier molecular flexibility index (Phi) is 7.44. The zero-order chi connectivity index (χ0) is 18.4. The van der Waals surface area contributed by atoms with Crippen LogP contribution in [-0.2, 0) is 4.74 Å². The van der Waals surface area contributed by atoms with Crippen molar-refractivity contribution in [2.45, 2.75) is 110 Å². The number of rotatable bonds is 6. The monoisotopic (exact) mass is 359 g/mol. The maximum Gasteiger partial charge on any atom is 0.0692 e. The van der Waals surface area contributed by atoms with Crippen LogP contribution in [0.2, 0.25) is 0 Å². The molecule has 3 rings (SSSR count). The van der Waals surface area contributed by atoms with Gasteiger partial charge in [-0.05, 0) is 94.3 Å². The molecule has 0 aliphatic heterocycles. The fourth-order valence-corrected chi connectivity index (χ4v) is 6.37. The van der Waals surface area contributed by atoms with Gasteiger partial charge in [0.1, 0.15) is 0 Å². The van der Waals surface area contributed by atoms with E-state index in [1.165, 1.54) is 83.5 Å². The van der Waals surface area contributed by atoms with Crippen LogP contribution < -0.4 is 0 Å². The lowest BCUT2D eigenvalue weighted by Gasteiger charge is -2.45. The molecule has 0 radical (unpaired) electrons. The number of ether oxygens (including phenoxy) is 1. The fraction of sp³-hybridized carbons (Fsp3) is 0.958. The van der Waals surface area contributed by atoms with E-state index in [4.69, 9.17) is 4.74 Å². The minimum absolute atomic E-state index is 0.00710. The SMILES string of the molecule is CCCOC1CCC([C@]2(C#N)CC[C@@H](C3CCC(CC)CC3)CC2)CC1. The van der Waals surface area contributed by atoms with Gasteiger partial charge in [-0.3, -0.25) is 0 Å². The van der Waals surface area contributed by atoms with Crippen molar-refractivity contribution in [1.82, 2.24) is 0 Å². The van der Waals surface area contributed by atoms with Gasteiger partial charge in [-0.15, -0.1) is 0 Å². The summed E-state index contributed by atoms with van der Waals surface area (Å²) in [7, 11) is 0. The van der Waals surface area contributed by atoms with E-state index in [1.807, 2.05) is 0 Å². The molecule has 0 spiro atoms. The van der Waals surface area contributed by atoms with Gasteiger partial charge < -0.3 is 4.74 Å². The molecule has 2 heteroatoms. The Labute approximate surface area is 162 Å². The third kappa shape index (κ3) is 4.64. The van der Waals surface area contributed by atoms with Crippen LogP contribution in [0.1, 0.15) is 104 Å². The van der Waals surface area contributed by atoms with Gasteiger partial charge in [-0.2, -0.15) is 5.26 Å². The van der Waals surface area contributed by atoms with E-state index < -0.39 is 0 Å². The Morgan fingerprint density at radius 2 is 1.46 bits per heavy atom. The van der Waals surface area contributed by atoms with Gasteiger partial charge in [0, 0.05) is 6.61 Å². The topological polar surface area (TPSA) is 33.0 Å². The largest absolute Gasteiger partial charge is 0.378 e. The highest BCUT2D eigenvalue weighted by Gasteiger charge is 2.44. The van der Waals surface area contributed by atoms with E-state index in [1.54, 1.807) is 0 Å². The zero-order valence-corrected chi connectivity index (χ0v) is 17.3. The molecule has 3 saturated carbocycles. The number of hydrogen-bond acceptors (Lipinski definition) is 2. The summed E-state index contributed by atoms with van der Waals surface area (Å²) in [4.78, 5) is 0. The first-order valence-corrected chi connectivity index (χ1v) is 11.7. The highest BCUT2D eigenvalue weighted by atomic mass is 16.5. The van der Waals surface area contributed by atoms with Crippen LogP contribution in [0.5, 0.6) is 0 Å². The second-order valence-corrected chi connectivity index (χ2v) is 9.64. The van der Waals surface area contributed by atoms with Crippen molar-refractivity contribution in [2.75, 3.05) is 6.61 Å². The standard InChI is InChI=1S/C24H41NO/c1-3-17-26-23-11-9-22(10-12-23)24(18-25)15-13-21(14-16-24)20-7-5-19(4-2)6-8-20/h19-23H,3-17H2,1-2H3/t19?,20?,21-,22?,23?,24-. The first-order chi connectivity index (χ1) is 12.7. The van der Waals surface area contributed by atoms with Crippen molar-refractivity contribution in [1.29, 1.82) is 5.26 Å². The molecule has 3 aliphatic carbocycles. The van der Waals surface area contributed by atoms with Crippen LogP contribution in [0.15, 0.2) is 0 Å². The van der Waals surface area contributed by atoms with Crippen molar-refractivity contribution < 1.29 is 4.74 Å². The molecule has 3 fully saturated rings. The Balaban J connectivity index is 1.48. The van der Waals surface area contributed by atoms with Gasteiger partial charge in [0.05, 0.1) is 17.6 Å². The van der Waals surface area contributed by atoms with Gasteiger partial charge in [-0.25, -0.2) is 0 Å². The normalized spacial score (nSPS) is 41.5. The number of nitriles is 1. The maximum atomic E-state index is 10.1. The Morgan fingerprint density at radius 3 is 2.00 bits per heavy atom. The lowest BCUT2D eigenvalue weighted by atomic mass is 9.58. The molecule has 0 bridgehead atoms. The molecule has 0 unspecified atom stereocenters. The van der Waals surface area contributed by atoms with E-state index in [9.17, 15) is 5.26 Å². The van der Waals surface area contributed by atoms with Crippen molar-refractivity contribution in [2.24, 2.45) is 29.1 Å². The Bertz CT molecular complexity index is 443. The van der Waals surface area contributed by atoms with Gasteiger partial charge in [0.25, 0.3) is 0 Å². The molecule has 26 heavy (non-hydrogen) atoms. The Hall–Kier alpha value is -0.550. The molecule has 0 aromatic rings. The molecule has 0 aromatic carbocycles. The van der Waals surface area contributed by atoms with Gasteiger partial charge in [0.15, 0.2) is 0 Å². The zero-order valence-electron chi connectivity index (χ0n) is 17.3. The molecule has 0 N–H and O–H groups in total. The van der Waals surface area contributed by atoms with Crippen LogP contribution in [0.25, 0.3) is 0 Å². The highest BCUT2D eigenvalue weighted by molar-refractivity contribution is 5.06. The smallest absolute Gasteiger partial charge is 0.0692 e. The summed E-state index contributed by atoms with van der Waals surface area (Å²) >= 11 is 0. The van der Waals surface area contributed by atoms with Crippen molar-refractivity contribution in [3.05, 3.63) is 0 Å². The number of nitrogens with zero attached hydrogens (tertiary/aromatic N) is 1. The van der Waals surface area contributed by atoms with Crippen LogP contribution in [0, 0.1) is 40.4 Å². The minimum atomic E-state index is -0.00710. The van der Waals surface area contributed by atoms with Gasteiger partial charge >= 0.3 is 0 Å². The second-order valence-electron chi connectivity index (χ2n) is 9.64. The minimum Gasteiger partial charge on any atom is -0.378 e. The second kappa shape index (κ2) is 9.59. The van der Waals surface area contributed by atoms with Crippen LogP contribution >= 0.6 is 0 Å². The van der Waals surface area contributed by atoms with E-state index in [0.717, 1.165) is 30.8 Å². The molecule has 0 aromatic heterocycles. The molecular weight excluding hydrogens is 318 g/mol. The molecular formula is C24H41NO. The quantitative estimate of drug-likeness (QED) is 0.517. The van der Waals surface area contributed by atoms with Crippen LogP contribution in [0.4, 0.5) is 0 Å². The third-order valence-corrected chi connectivity index (χ3v) is 8.29. The van der Waals surface area contributed by atoms with Crippen LogP contribution in [-0.4, -0.2) is 12.7 Å². The molecule has 0 amide bonds. The van der Waals surface area contributed by atoms with Crippen molar-refractivity contribution in [3.63, 3.8) is 0 Å². The highest BCUT2D eigenvalue weighted by Crippen LogP contribution is 2.52. The van der Waals surface area contributed by atoms with Crippen LogP contribution in [0.3, 0.4) is 0 Å². The van der Waals surface area contributed by atoms with E-state index in [-0.39, 0.29) is 5.41 Å². The lowest BCUT2D eigenvalue weighted by Crippen LogP contribution is -2.38. The first kappa shape index (κ1) is 20.2.